The van der Waals surface area contributed by atoms with E-state index < -0.39 is 26.5 Å². The Hall–Kier alpha value is -4.11. The molecule has 0 aromatic heterocycles. The standard InChI is InChI=1S/C67H110NO8P/c1-6-8-10-12-14-16-18-20-22-23-24-25-26-27-28-29-30-31-32-33-34-35-36-37-38-39-40-41-42-43-44-45-46-48-50-52-54-56-58-60-67(70)76-65(64-75-77(71,72)74-62-61-68(3,4)5)63-73-66(69)59-57-55-53-51-49-47-21-19-17-15-13-11-9-7-2/h8,10,13-16,19-22,24-25,27-28,30-31,33-34,36-37,39-40,42-43,65H,6-7,9,11-12,17-18,23,26,29,32,35,38,41,44-64H2,1-5H3/p+1/b10-8-,15-13-,16-14-,21-19-,22-20-,25-24-,28-27-,31-30-,34-33-,37-36-,40-39-,43-42-. The van der Waals surface area contributed by atoms with E-state index >= 15 is 0 Å². The first-order valence-electron chi connectivity index (χ1n) is 30.1. The molecule has 9 nitrogen and oxygen atoms in total. The zero-order chi connectivity index (χ0) is 56.3. The van der Waals surface area contributed by atoms with Gasteiger partial charge in [0.25, 0.3) is 0 Å². The van der Waals surface area contributed by atoms with Crippen LogP contribution in [0.3, 0.4) is 0 Å². The Morgan fingerprint density at radius 3 is 1.10 bits per heavy atom. The predicted octanol–water partition coefficient (Wildman–Crippen LogP) is 19.1. The zero-order valence-electron chi connectivity index (χ0n) is 49.4. The van der Waals surface area contributed by atoms with Crippen molar-refractivity contribution in [1.29, 1.82) is 0 Å². The van der Waals surface area contributed by atoms with Crippen LogP contribution in [-0.2, 0) is 32.7 Å². The molecule has 1 N–H and O–H groups in total. The molecule has 0 aromatic carbocycles. The molecule has 0 radical (unpaired) electrons. The van der Waals surface area contributed by atoms with Crippen molar-refractivity contribution in [2.75, 3.05) is 47.5 Å². The van der Waals surface area contributed by atoms with Crippen molar-refractivity contribution in [3.8, 4) is 0 Å². The number of phosphoric ester groups is 1. The van der Waals surface area contributed by atoms with Crippen molar-refractivity contribution in [1.82, 2.24) is 0 Å². The minimum absolute atomic E-state index is 0.0202. The summed E-state index contributed by atoms with van der Waals surface area (Å²) in [6, 6.07) is 0. The summed E-state index contributed by atoms with van der Waals surface area (Å²) in [6.45, 7) is 4.22. The number of ether oxygens (including phenoxy) is 2. The Balaban J connectivity index is 4.14. The fraction of sp³-hybridized carbons (Fsp3) is 0.612. The lowest BCUT2D eigenvalue weighted by atomic mass is 10.1. The Morgan fingerprint density at radius 2 is 0.740 bits per heavy atom. The van der Waals surface area contributed by atoms with Crippen LogP contribution in [0.2, 0.25) is 0 Å². The van der Waals surface area contributed by atoms with Crippen LogP contribution in [0.15, 0.2) is 146 Å². The van der Waals surface area contributed by atoms with Crippen LogP contribution in [0, 0.1) is 0 Å². The van der Waals surface area contributed by atoms with Gasteiger partial charge < -0.3 is 18.9 Å². The summed E-state index contributed by atoms with van der Waals surface area (Å²) in [6.07, 6.45) is 83.5. The molecule has 0 aromatic rings. The Kier molecular flexibility index (Phi) is 53.6. The lowest BCUT2D eigenvalue weighted by Crippen LogP contribution is -2.37. The Labute approximate surface area is 472 Å². The number of hydrogen-bond donors (Lipinski definition) is 1. The van der Waals surface area contributed by atoms with Gasteiger partial charge in [-0.05, 0) is 116 Å². The van der Waals surface area contributed by atoms with Crippen molar-refractivity contribution in [3.63, 3.8) is 0 Å². The fourth-order valence-electron chi connectivity index (χ4n) is 7.47. The molecule has 0 saturated heterocycles. The highest BCUT2D eigenvalue weighted by Crippen LogP contribution is 2.43. The van der Waals surface area contributed by atoms with Crippen molar-refractivity contribution >= 4 is 19.8 Å². The normalized spacial score (nSPS) is 14.3. The third-order valence-electron chi connectivity index (χ3n) is 12.1. The Morgan fingerprint density at radius 1 is 0.416 bits per heavy atom. The van der Waals surface area contributed by atoms with Gasteiger partial charge in [-0.1, -0.05) is 230 Å². The maximum Gasteiger partial charge on any atom is 0.472 e. The van der Waals surface area contributed by atoms with Gasteiger partial charge in [0.05, 0.1) is 27.7 Å². The van der Waals surface area contributed by atoms with Crippen LogP contribution in [0.1, 0.15) is 213 Å². The second kappa shape index (κ2) is 56.6. The minimum atomic E-state index is -4.40. The molecule has 0 saturated carbocycles. The predicted molar refractivity (Wildman–Crippen MR) is 330 cm³/mol. The van der Waals surface area contributed by atoms with Gasteiger partial charge in [0.15, 0.2) is 6.10 Å². The molecule has 0 spiro atoms. The molecule has 0 rings (SSSR count). The first-order chi connectivity index (χ1) is 37.5. The van der Waals surface area contributed by atoms with Crippen molar-refractivity contribution in [2.24, 2.45) is 0 Å². The summed E-state index contributed by atoms with van der Waals surface area (Å²) in [5, 5.41) is 0. The van der Waals surface area contributed by atoms with Crippen LogP contribution >= 0.6 is 7.82 Å². The van der Waals surface area contributed by atoms with Crippen LogP contribution in [0.4, 0.5) is 0 Å². The van der Waals surface area contributed by atoms with E-state index in [-0.39, 0.29) is 32.0 Å². The zero-order valence-corrected chi connectivity index (χ0v) is 50.3. The lowest BCUT2D eigenvalue weighted by molar-refractivity contribution is -0.870. The topological polar surface area (TPSA) is 108 Å². The molecule has 0 aliphatic heterocycles. The summed E-state index contributed by atoms with van der Waals surface area (Å²) in [4.78, 5) is 35.6. The third kappa shape index (κ3) is 61.0. The molecule has 0 amide bonds. The molecule has 0 heterocycles. The number of unbranched alkanes of at least 4 members (excludes halogenated alkanes) is 15. The number of esters is 2. The number of carbonyl (C=O) groups excluding carboxylic acids is 2. The molecule has 77 heavy (non-hydrogen) atoms. The highest BCUT2D eigenvalue weighted by molar-refractivity contribution is 7.47. The quantitative estimate of drug-likeness (QED) is 0.0211. The van der Waals surface area contributed by atoms with Crippen LogP contribution in [0.5, 0.6) is 0 Å². The SMILES string of the molecule is CC/C=C\C/C=C\C/C=C\C/C=C\C/C=C\C/C=C\C/C=C\C/C=C\C/C=C\C/C=C\CCCCCCCCCCC(=O)OC(COC(=O)CCCCCCC/C=C\C/C=C\CCCC)COP(=O)(O)OCC[N+](C)(C)C. The van der Waals surface area contributed by atoms with E-state index in [1.807, 2.05) is 21.1 Å². The van der Waals surface area contributed by atoms with Crippen molar-refractivity contribution in [2.45, 2.75) is 219 Å². The summed E-state index contributed by atoms with van der Waals surface area (Å²) < 4.78 is 34.5. The lowest BCUT2D eigenvalue weighted by Gasteiger charge is -2.24. The number of carbonyl (C=O) groups is 2. The second-order valence-corrected chi connectivity index (χ2v) is 22.1. The molecule has 436 valence electrons. The van der Waals surface area contributed by atoms with Gasteiger partial charge in [0.2, 0.25) is 0 Å². The highest BCUT2D eigenvalue weighted by Gasteiger charge is 2.27. The van der Waals surface area contributed by atoms with E-state index in [0.717, 1.165) is 135 Å². The first kappa shape index (κ1) is 72.9. The number of likely N-dealkylation sites (N-methyl/N-ethyl adjacent to an activating group) is 1. The summed E-state index contributed by atoms with van der Waals surface area (Å²) >= 11 is 0. The summed E-state index contributed by atoms with van der Waals surface area (Å²) in [5.74, 6) is -0.834. The minimum Gasteiger partial charge on any atom is -0.462 e. The van der Waals surface area contributed by atoms with E-state index in [1.165, 1.54) is 38.5 Å². The smallest absolute Gasteiger partial charge is 0.462 e. The van der Waals surface area contributed by atoms with Crippen molar-refractivity contribution in [3.05, 3.63) is 146 Å². The fourth-order valence-corrected chi connectivity index (χ4v) is 8.21. The van der Waals surface area contributed by atoms with Gasteiger partial charge in [-0.3, -0.25) is 18.6 Å². The van der Waals surface area contributed by atoms with Gasteiger partial charge in [-0.25, -0.2) is 4.57 Å². The highest BCUT2D eigenvalue weighted by atomic mass is 31.2. The third-order valence-corrected chi connectivity index (χ3v) is 13.1. The number of allylic oxidation sites excluding steroid dienone is 24. The van der Waals surface area contributed by atoms with Gasteiger partial charge in [-0.15, -0.1) is 0 Å². The molecule has 0 bridgehead atoms. The average Bonchev–Trinajstić information content (AvgIpc) is 3.39. The number of nitrogens with zero attached hydrogens (tertiary/aromatic N) is 1. The monoisotopic (exact) mass is 1090 g/mol. The maximum absolute atomic E-state index is 12.8. The first-order valence-corrected chi connectivity index (χ1v) is 31.6. The van der Waals surface area contributed by atoms with Crippen LogP contribution in [0.25, 0.3) is 0 Å². The molecule has 0 fully saturated rings. The van der Waals surface area contributed by atoms with E-state index in [2.05, 4.69) is 160 Å². The summed E-state index contributed by atoms with van der Waals surface area (Å²) in [7, 11) is 1.44. The number of quaternary nitrogens is 1. The molecule has 2 unspecified atom stereocenters. The van der Waals surface area contributed by atoms with E-state index in [4.69, 9.17) is 18.5 Å². The van der Waals surface area contributed by atoms with Crippen LogP contribution < -0.4 is 0 Å². The molecule has 2 atom stereocenters. The molecular formula is C67H111NO8P+. The van der Waals surface area contributed by atoms with Gasteiger partial charge in [0, 0.05) is 12.8 Å². The van der Waals surface area contributed by atoms with E-state index in [0.29, 0.717) is 23.9 Å². The number of phosphoric acid groups is 1. The molecule has 10 heteroatoms. The molecule has 0 aliphatic carbocycles. The van der Waals surface area contributed by atoms with Gasteiger partial charge >= 0.3 is 19.8 Å². The molecular weight excluding hydrogens is 978 g/mol. The van der Waals surface area contributed by atoms with Crippen LogP contribution in [-0.4, -0.2) is 74.9 Å². The Bertz CT molecular complexity index is 1810. The average molecular weight is 1090 g/mol. The largest absolute Gasteiger partial charge is 0.472 e. The van der Waals surface area contributed by atoms with E-state index in [9.17, 15) is 19.0 Å². The number of hydrogen-bond acceptors (Lipinski definition) is 7. The number of rotatable bonds is 53. The maximum atomic E-state index is 12.8. The molecule has 0 aliphatic rings. The van der Waals surface area contributed by atoms with Gasteiger partial charge in [-0.2, -0.15) is 0 Å². The van der Waals surface area contributed by atoms with Gasteiger partial charge in [0.1, 0.15) is 19.8 Å². The second-order valence-electron chi connectivity index (χ2n) is 20.6. The van der Waals surface area contributed by atoms with Crippen molar-refractivity contribution < 1.29 is 42.1 Å². The van der Waals surface area contributed by atoms with E-state index in [1.54, 1.807) is 0 Å². The summed E-state index contributed by atoms with van der Waals surface area (Å²) in [5.41, 5.74) is 0.